The Labute approximate surface area is 209 Å². The van der Waals surface area contributed by atoms with E-state index in [0.29, 0.717) is 18.8 Å². The van der Waals surface area contributed by atoms with Crippen LogP contribution in [-0.2, 0) is 27.2 Å². The van der Waals surface area contributed by atoms with Crippen molar-refractivity contribution in [3.63, 3.8) is 0 Å². The van der Waals surface area contributed by atoms with Gasteiger partial charge in [-0.05, 0) is 36.6 Å². The first kappa shape index (κ1) is 25.0. The lowest BCUT2D eigenvalue weighted by molar-refractivity contribution is -0.131. The number of nitrogens with one attached hydrogen (secondary N) is 2. The summed E-state index contributed by atoms with van der Waals surface area (Å²) >= 11 is 0. The second-order valence-corrected chi connectivity index (χ2v) is 8.84. The standard InChI is InChI=1S/C27H28N4O5/c1-27(16-36-27)24(32)22(12-18-6-4-3-5-7-18)30-26(34)23(13-19-8-10-21(35-2)11-9-19)31-25(33)20-14-28-17-29-15-20/h3-11,14-15,17,22-23H,12-13,16H2,1-2H3,(H,30,34)(H,31,33)/t22-,23-,27+/m0/s1. The number of methoxy groups -OCH3 is 1. The van der Waals surface area contributed by atoms with Crippen LogP contribution in [0.2, 0.25) is 0 Å². The highest BCUT2D eigenvalue weighted by atomic mass is 16.6. The van der Waals surface area contributed by atoms with Crippen molar-refractivity contribution in [2.75, 3.05) is 13.7 Å². The lowest BCUT2D eigenvalue weighted by Crippen LogP contribution is -2.54. The second-order valence-electron chi connectivity index (χ2n) is 8.84. The molecular weight excluding hydrogens is 460 g/mol. The maximum Gasteiger partial charge on any atom is 0.255 e. The molecule has 0 bridgehead atoms. The molecule has 1 aliphatic heterocycles. The highest BCUT2D eigenvalue weighted by Crippen LogP contribution is 2.29. The first-order valence-electron chi connectivity index (χ1n) is 11.6. The number of nitrogens with zero attached hydrogens (tertiary/aromatic N) is 2. The van der Waals surface area contributed by atoms with Gasteiger partial charge in [0.1, 0.15) is 23.7 Å². The van der Waals surface area contributed by atoms with Gasteiger partial charge in [-0.3, -0.25) is 14.4 Å². The van der Waals surface area contributed by atoms with Gasteiger partial charge < -0.3 is 20.1 Å². The lowest BCUT2D eigenvalue weighted by atomic mass is 9.94. The maximum absolute atomic E-state index is 13.5. The van der Waals surface area contributed by atoms with Gasteiger partial charge in [0.2, 0.25) is 5.91 Å². The van der Waals surface area contributed by atoms with Gasteiger partial charge in [0.25, 0.3) is 5.91 Å². The number of Topliss-reactive ketones (excluding diaryl/α,β-unsaturated/α-hetero) is 1. The third-order valence-electron chi connectivity index (χ3n) is 6.06. The smallest absolute Gasteiger partial charge is 0.255 e. The SMILES string of the molecule is COc1ccc(C[C@H](NC(=O)c2cncnc2)C(=O)N[C@@H](Cc2ccccc2)C(=O)[C@@]2(C)CO2)cc1. The molecule has 186 valence electrons. The number of rotatable bonds is 11. The average Bonchev–Trinajstić information content (AvgIpc) is 3.67. The number of epoxide rings is 1. The molecule has 1 saturated heterocycles. The van der Waals surface area contributed by atoms with Gasteiger partial charge in [-0.2, -0.15) is 0 Å². The minimum Gasteiger partial charge on any atom is -0.497 e. The summed E-state index contributed by atoms with van der Waals surface area (Å²) in [5.74, 6) is -0.496. The molecule has 9 nitrogen and oxygen atoms in total. The summed E-state index contributed by atoms with van der Waals surface area (Å²) < 4.78 is 10.6. The number of hydrogen-bond donors (Lipinski definition) is 2. The summed E-state index contributed by atoms with van der Waals surface area (Å²) in [5.41, 5.74) is 1.02. The molecule has 36 heavy (non-hydrogen) atoms. The Bertz CT molecular complexity index is 1200. The minimum atomic E-state index is -0.954. The van der Waals surface area contributed by atoms with Crippen molar-refractivity contribution in [3.8, 4) is 5.75 Å². The van der Waals surface area contributed by atoms with Crippen molar-refractivity contribution in [3.05, 3.63) is 90.0 Å². The van der Waals surface area contributed by atoms with Crippen molar-refractivity contribution in [1.82, 2.24) is 20.6 Å². The van der Waals surface area contributed by atoms with Gasteiger partial charge >= 0.3 is 0 Å². The van der Waals surface area contributed by atoms with Crippen molar-refractivity contribution in [2.24, 2.45) is 0 Å². The molecule has 2 amide bonds. The molecule has 0 unspecified atom stereocenters. The molecule has 2 aromatic carbocycles. The fourth-order valence-corrected chi connectivity index (χ4v) is 3.81. The van der Waals surface area contributed by atoms with E-state index in [4.69, 9.17) is 9.47 Å². The fourth-order valence-electron chi connectivity index (χ4n) is 3.81. The third kappa shape index (κ3) is 6.31. The van der Waals surface area contributed by atoms with Crippen LogP contribution in [0.5, 0.6) is 5.75 Å². The third-order valence-corrected chi connectivity index (χ3v) is 6.06. The van der Waals surface area contributed by atoms with Gasteiger partial charge in [0, 0.05) is 18.8 Å². The first-order chi connectivity index (χ1) is 17.4. The normalized spacial score (nSPS) is 17.9. The molecular formula is C27H28N4O5. The highest BCUT2D eigenvalue weighted by Gasteiger charge is 2.50. The van der Waals surface area contributed by atoms with Gasteiger partial charge in [-0.25, -0.2) is 9.97 Å². The van der Waals surface area contributed by atoms with Crippen LogP contribution in [0.25, 0.3) is 0 Å². The molecule has 0 aliphatic carbocycles. The second kappa shape index (κ2) is 11.1. The zero-order chi connectivity index (χ0) is 25.5. The molecule has 9 heteroatoms. The van der Waals surface area contributed by atoms with Crippen LogP contribution < -0.4 is 15.4 Å². The first-order valence-corrected chi connectivity index (χ1v) is 11.6. The number of carbonyl (C=O) groups excluding carboxylic acids is 3. The van der Waals surface area contributed by atoms with Crippen molar-refractivity contribution >= 4 is 17.6 Å². The van der Waals surface area contributed by atoms with E-state index < -0.39 is 29.5 Å². The van der Waals surface area contributed by atoms with Gasteiger partial charge in [-0.1, -0.05) is 42.5 Å². The molecule has 2 N–H and O–H groups in total. The van der Waals surface area contributed by atoms with Crippen LogP contribution in [0.15, 0.2) is 73.3 Å². The number of ketones is 1. The summed E-state index contributed by atoms with van der Waals surface area (Å²) in [6.45, 7) is 2.03. The Kier molecular flexibility index (Phi) is 7.70. The molecule has 0 radical (unpaired) electrons. The van der Waals surface area contributed by atoms with Crippen LogP contribution in [0.4, 0.5) is 0 Å². The number of aromatic nitrogens is 2. The number of benzene rings is 2. The molecule has 1 fully saturated rings. The Morgan fingerprint density at radius 3 is 2.17 bits per heavy atom. The van der Waals surface area contributed by atoms with Crippen LogP contribution in [0.3, 0.4) is 0 Å². The van der Waals surface area contributed by atoms with E-state index in [1.165, 1.54) is 18.7 Å². The summed E-state index contributed by atoms with van der Waals surface area (Å²) in [6, 6.07) is 14.9. The number of hydrogen-bond acceptors (Lipinski definition) is 7. The molecule has 1 aromatic heterocycles. The number of ether oxygens (including phenoxy) is 2. The lowest BCUT2D eigenvalue weighted by Gasteiger charge is -2.24. The van der Waals surface area contributed by atoms with Gasteiger partial charge in [-0.15, -0.1) is 0 Å². The molecule has 3 aromatic rings. The predicted octanol–water partition coefficient (Wildman–Crippen LogP) is 1.91. The van der Waals surface area contributed by atoms with E-state index in [1.807, 2.05) is 42.5 Å². The molecule has 0 saturated carbocycles. The molecule has 2 heterocycles. The Hall–Kier alpha value is -4.11. The van der Waals surface area contributed by atoms with Crippen molar-refractivity contribution in [1.29, 1.82) is 0 Å². The Balaban J connectivity index is 1.55. The topological polar surface area (TPSA) is 123 Å². The van der Waals surface area contributed by atoms with Crippen molar-refractivity contribution < 1.29 is 23.9 Å². The monoisotopic (exact) mass is 488 g/mol. The van der Waals surface area contributed by atoms with Crippen LogP contribution in [0, 0.1) is 0 Å². The zero-order valence-corrected chi connectivity index (χ0v) is 20.1. The van der Waals surface area contributed by atoms with Gasteiger partial charge in [0.15, 0.2) is 5.78 Å². The van der Waals surface area contributed by atoms with Crippen LogP contribution in [-0.4, -0.2) is 59.0 Å². The van der Waals surface area contributed by atoms with Gasteiger partial charge in [0.05, 0.1) is 25.3 Å². The number of amides is 2. The van der Waals surface area contributed by atoms with Crippen LogP contribution in [0.1, 0.15) is 28.4 Å². The molecule has 0 spiro atoms. The van der Waals surface area contributed by atoms with Crippen LogP contribution >= 0.6 is 0 Å². The summed E-state index contributed by atoms with van der Waals surface area (Å²) in [6.07, 6.45) is 4.57. The van der Waals surface area contributed by atoms with E-state index >= 15 is 0 Å². The minimum absolute atomic E-state index is 0.203. The summed E-state index contributed by atoms with van der Waals surface area (Å²) in [7, 11) is 1.57. The summed E-state index contributed by atoms with van der Waals surface area (Å²) in [5, 5.41) is 5.64. The van der Waals surface area contributed by atoms with Crippen molar-refractivity contribution in [2.45, 2.75) is 37.5 Å². The van der Waals surface area contributed by atoms with E-state index in [-0.39, 0.29) is 17.8 Å². The molecule has 3 atom stereocenters. The largest absolute Gasteiger partial charge is 0.497 e. The maximum atomic E-state index is 13.5. The molecule has 1 aliphatic rings. The zero-order valence-electron chi connectivity index (χ0n) is 20.1. The van der Waals surface area contributed by atoms with E-state index in [9.17, 15) is 14.4 Å². The quantitative estimate of drug-likeness (QED) is 0.395. The average molecular weight is 489 g/mol. The number of carbonyl (C=O) groups is 3. The predicted molar refractivity (Wildman–Crippen MR) is 131 cm³/mol. The molecule has 4 rings (SSSR count). The Morgan fingerprint density at radius 2 is 1.56 bits per heavy atom. The van der Waals surface area contributed by atoms with E-state index in [1.54, 1.807) is 26.2 Å². The van der Waals surface area contributed by atoms with E-state index in [0.717, 1.165) is 11.1 Å². The summed E-state index contributed by atoms with van der Waals surface area (Å²) in [4.78, 5) is 47.3. The van der Waals surface area contributed by atoms with E-state index in [2.05, 4.69) is 20.6 Å². The Morgan fingerprint density at radius 1 is 0.944 bits per heavy atom. The fraction of sp³-hybridized carbons (Fsp3) is 0.296. The highest BCUT2D eigenvalue weighted by molar-refractivity contribution is 6.00.